The predicted octanol–water partition coefficient (Wildman–Crippen LogP) is 4.48. The summed E-state index contributed by atoms with van der Waals surface area (Å²) in [7, 11) is 0. The topological polar surface area (TPSA) is 0 Å². The Bertz CT molecular complexity index is 155. The summed E-state index contributed by atoms with van der Waals surface area (Å²) in [6.45, 7) is 3.82. The Balaban J connectivity index is 2.35. The zero-order chi connectivity index (χ0) is 9.36. The third-order valence-electron chi connectivity index (χ3n) is 2.82. The van der Waals surface area contributed by atoms with Crippen molar-refractivity contribution >= 4 is 0 Å². The highest BCUT2D eigenvalue weighted by Crippen LogP contribution is 2.19. The van der Waals surface area contributed by atoms with Crippen molar-refractivity contribution in [1.82, 2.24) is 0 Å². The normalized spacial score (nSPS) is 25.4. The summed E-state index contributed by atoms with van der Waals surface area (Å²) in [4.78, 5) is 0. The second-order valence-electron chi connectivity index (χ2n) is 4.06. The van der Waals surface area contributed by atoms with Crippen molar-refractivity contribution in [3.8, 4) is 0 Å². The summed E-state index contributed by atoms with van der Waals surface area (Å²) >= 11 is 0. The van der Waals surface area contributed by atoms with Crippen molar-refractivity contribution in [2.45, 2.75) is 51.4 Å². The van der Waals surface area contributed by atoms with Gasteiger partial charge in [-0.15, -0.1) is 6.58 Å². The lowest BCUT2D eigenvalue weighted by molar-refractivity contribution is 0.515. The lowest BCUT2D eigenvalue weighted by Gasteiger charge is -2.11. The summed E-state index contributed by atoms with van der Waals surface area (Å²) in [5, 5.41) is 0. The Kier molecular flexibility index (Phi) is 5.64. The molecule has 1 rings (SSSR count). The van der Waals surface area contributed by atoms with Gasteiger partial charge in [-0.3, -0.25) is 0 Å². The van der Waals surface area contributed by atoms with Gasteiger partial charge in [0.25, 0.3) is 0 Å². The molecule has 0 aromatic rings. The van der Waals surface area contributed by atoms with E-state index in [0.29, 0.717) is 0 Å². The van der Waals surface area contributed by atoms with Crippen molar-refractivity contribution in [1.29, 1.82) is 0 Å². The third-order valence-corrected chi connectivity index (χ3v) is 2.82. The minimum atomic E-state index is 0.774. The zero-order valence-electron chi connectivity index (χ0n) is 8.67. The first-order valence-corrected chi connectivity index (χ1v) is 5.71. The van der Waals surface area contributed by atoms with E-state index >= 15 is 0 Å². The van der Waals surface area contributed by atoms with Crippen LogP contribution in [-0.4, -0.2) is 0 Å². The van der Waals surface area contributed by atoms with Crippen molar-refractivity contribution in [3.63, 3.8) is 0 Å². The fourth-order valence-electron chi connectivity index (χ4n) is 1.99. The molecule has 0 bridgehead atoms. The van der Waals surface area contributed by atoms with Crippen LogP contribution in [0.1, 0.15) is 51.4 Å². The molecule has 0 nitrogen and oxygen atoms in total. The van der Waals surface area contributed by atoms with Crippen molar-refractivity contribution in [3.05, 3.63) is 24.8 Å². The Morgan fingerprint density at radius 2 is 1.92 bits per heavy atom. The highest BCUT2D eigenvalue weighted by Gasteiger charge is 2.03. The van der Waals surface area contributed by atoms with Gasteiger partial charge < -0.3 is 0 Å². The van der Waals surface area contributed by atoms with Crippen LogP contribution in [0.25, 0.3) is 0 Å². The Hall–Kier alpha value is -0.520. The molecule has 0 aromatic carbocycles. The van der Waals surface area contributed by atoms with Crippen molar-refractivity contribution < 1.29 is 0 Å². The molecule has 0 saturated heterocycles. The van der Waals surface area contributed by atoms with Gasteiger partial charge in [0.05, 0.1) is 0 Å². The molecule has 0 spiro atoms. The van der Waals surface area contributed by atoms with Crippen LogP contribution in [0.5, 0.6) is 0 Å². The van der Waals surface area contributed by atoms with Crippen molar-refractivity contribution in [2.24, 2.45) is 5.92 Å². The molecule has 0 aromatic heterocycles. The fourth-order valence-corrected chi connectivity index (χ4v) is 1.99. The molecule has 1 aliphatic carbocycles. The molecule has 0 saturated carbocycles. The lowest BCUT2D eigenvalue weighted by atomic mass is 9.95. The van der Waals surface area contributed by atoms with Crippen LogP contribution in [0.4, 0.5) is 0 Å². The molecule has 74 valence electrons. The Labute approximate surface area is 82.7 Å². The predicted molar refractivity (Wildman–Crippen MR) is 59.8 cm³/mol. The highest BCUT2D eigenvalue weighted by molar-refractivity contribution is 4.91. The fraction of sp³-hybridized carbons (Fsp3) is 0.692. The zero-order valence-corrected chi connectivity index (χ0v) is 8.67. The summed E-state index contributed by atoms with van der Waals surface area (Å²) in [6.07, 6.45) is 17.7. The molecular weight excluding hydrogens is 156 g/mol. The number of hydrogen-bond donors (Lipinski definition) is 0. The first-order valence-electron chi connectivity index (χ1n) is 5.71. The average molecular weight is 178 g/mol. The molecule has 0 heteroatoms. The van der Waals surface area contributed by atoms with E-state index in [-0.39, 0.29) is 0 Å². The Morgan fingerprint density at radius 3 is 2.77 bits per heavy atom. The molecule has 0 heterocycles. The maximum Gasteiger partial charge on any atom is -0.0199 e. The SMILES string of the molecule is C=CCC1C=CCCCCCCC1. The monoisotopic (exact) mass is 178 g/mol. The third kappa shape index (κ3) is 4.92. The van der Waals surface area contributed by atoms with Gasteiger partial charge in [-0.05, 0) is 31.6 Å². The molecule has 0 N–H and O–H groups in total. The molecular formula is C13H22. The summed E-state index contributed by atoms with van der Waals surface area (Å²) < 4.78 is 0. The van der Waals surface area contributed by atoms with Crippen LogP contribution in [0.15, 0.2) is 24.8 Å². The van der Waals surface area contributed by atoms with E-state index < -0.39 is 0 Å². The van der Waals surface area contributed by atoms with E-state index in [2.05, 4.69) is 24.8 Å². The molecule has 1 unspecified atom stereocenters. The quantitative estimate of drug-likeness (QED) is 0.547. The molecule has 0 fully saturated rings. The number of allylic oxidation sites excluding steroid dienone is 3. The van der Waals surface area contributed by atoms with E-state index in [9.17, 15) is 0 Å². The first-order chi connectivity index (χ1) is 6.43. The van der Waals surface area contributed by atoms with Gasteiger partial charge in [-0.2, -0.15) is 0 Å². The largest absolute Gasteiger partial charge is 0.103 e. The lowest BCUT2D eigenvalue weighted by Crippen LogP contribution is -1.96. The van der Waals surface area contributed by atoms with Gasteiger partial charge in [0.1, 0.15) is 0 Å². The average Bonchev–Trinajstić information content (AvgIpc) is 2.16. The highest BCUT2D eigenvalue weighted by atomic mass is 14.1. The summed E-state index contributed by atoms with van der Waals surface area (Å²) in [5.74, 6) is 0.774. The van der Waals surface area contributed by atoms with Gasteiger partial charge in [0.15, 0.2) is 0 Å². The van der Waals surface area contributed by atoms with Crippen LogP contribution in [0.2, 0.25) is 0 Å². The maximum absolute atomic E-state index is 3.82. The molecule has 0 amide bonds. The maximum atomic E-state index is 3.82. The van der Waals surface area contributed by atoms with Crippen LogP contribution in [0.3, 0.4) is 0 Å². The second-order valence-corrected chi connectivity index (χ2v) is 4.06. The first kappa shape index (κ1) is 10.6. The standard InChI is InChI=1S/C13H22/c1-2-10-13-11-8-6-4-3-5-7-9-12-13/h2,8,11,13H,1,3-7,9-10,12H2. The van der Waals surface area contributed by atoms with E-state index in [1.807, 2.05) is 0 Å². The summed E-state index contributed by atoms with van der Waals surface area (Å²) in [5.41, 5.74) is 0. The minimum absolute atomic E-state index is 0.774. The van der Waals surface area contributed by atoms with E-state index in [1.54, 1.807) is 0 Å². The second kappa shape index (κ2) is 6.94. The minimum Gasteiger partial charge on any atom is -0.103 e. The van der Waals surface area contributed by atoms with Gasteiger partial charge in [-0.25, -0.2) is 0 Å². The molecule has 13 heavy (non-hydrogen) atoms. The smallest absolute Gasteiger partial charge is 0.0199 e. The number of hydrogen-bond acceptors (Lipinski definition) is 0. The van der Waals surface area contributed by atoms with Gasteiger partial charge in [0, 0.05) is 0 Å². The van der Waals surface area contributed by atoms with Crippen LogP contribution < -0.4 is 0 Å². The molecule has 0 aliphatic heterocycles. The van der Waals surface area contributed by atoms with Crippen LogP contribution >= 0.6 is 0 Å². The van der Waals surface area contributed by atoms with Gasteiger partial charge in [-0.1, -0.05) is 43.9 Å². The van der Waals surface area contributed by atoms with Gasteiger partial charge >= 0.3 is 0 Å². The van der Waals surface area contributed by atoms with Crippen molar-refractivity contribution in [2.75, 3.05) is 0 Å². The van der Waals surface area contributed by atoms with Crippen LogP contribution in [0, 0.1) is 5.92 Å². The van der Waals surface area contributed by atoms with E-state index in [4.69, 9.17) is 0 Å². The van der Waals surface area contributed by atoms with Crippen LogP contribution in [-0.2, 0) is 0 Å². The van der Waals surface area contributed by atoms with E-state index in [0.717, 1.165) is 12.3 Å². The molecule has 1 atom stereocenters. The molecule has 0 radical (unpaired) electrons. The summed E-state index contributed by atoms with van der Waals surface area (Å²) in [6, 6.07) is 0. The van der Waals surface area contributed by atoms with Gasteiger partial charge in [0.2, 0.25) is 0 Å². The number of rotatable bonds is 2. The van der Waals surface area contributed by atoms with E-state index in [1.165, 1.54) is 44.9 Å². The molecule has 1 aliphatic rings. The Morgan fingerprint density at radius 1 is 1.15 bits per heavy atom.